The van der Waals surface area contributed by atoms with Gasteiger partial charge in [0.25, 0.3) is 0 Å². The molecule has 0 atom stereocenters. The molecule has 0 radical (unpaired) electrons. The molecule has 0 saturated heterocycles. The summed E-state index contributed by atoms with van der Waals surface area (Å²) >= 11 is 0. The largest absolute Gasteiger partial charge is 0.344 e. The van der Waals surface area contributed by atoms with E-state index in [1.807, 2.05) is 0 Å². The number of nitrogens with two attached hydrogens (primary N) is 1. The van der Waals surface area contributed by atoms with Gasteiger partial charge in [0, 0.05) is 23.1 Å². The number of nitrogens with zero attached hydrogens (tertiary/aromatic N) is 1. The van der Waals surface area contributed by atoms with Crippen molar-refractivity contribution < 1.29 is 0 Å². The van der Waals surface area contributed by atoms with E-state index < -0.39 is 0 Å². The predicted octanol–water partition coefficient (Wildman–Crippen LogP) is 6.02. The van der Waals surface area contributed by atoms with E-state index in [-0.39, 0.29) is 12.4 Å². The zero-order chi connectivity index (χ0) is 20.1. The van der Waals surface area contributed by atoms with Gasteiger partial charge in [0.05, 0.1) is 0 Å². The molecule has 162 valence electrons. The minimum Gasteiger partial charge on any atom is -0.344 e. The van der Waals surface area contributed by atoms with Gasteiger partial charge in [-0.25, -0.2) is 0 Å². The van der Waals surface area contributed by atoms with Crippen LogP contribution in [0, 0.1) is 6.92 Å². The lowest BCUT2D eigenvalue weighted by molar-refractivity contribution is 0.360. The summed E-state index contributed by atoms with van der Waals surface area (Å²) in [6, 6.07) is 16.6. The lowest BCUT2D eigenvalue weighted by atomic mass is 9.95. The fraction of sp³-hybridized carbons (Fsp3) is 0.462. The zero-order valence-corrected chi connectivity index (χ0v) is 19.0. The first-order chi connectivity index (χ1) is 14.3. The molecule has 0 aliphatic heterocycles. The van der Waals surface area contributed by atoms with Crippen molar-refractivity contribution in [1.29, 1.82) is 0 Å². The number of fused-ring (bicyclic) bond motifs is 1. The molecule has 1 fully saturated rings. The Morgan fingerprint density at radius 2 is 1.80 bits per heavy atom. The zero-order valence-electron chi connectivity index (χ0n) is 18.2. The van der Waals surface area contributed by atoms with E-state index in [4.69, 9.17) is 5.73 Å². The molecule has 1 aliphatic carbocycles. The third kappa shape index (κ3) is 5.26. The Labute approximate surface area is 187 Å². The summed E-state index contributed by atoms with van der Waals surface area (Å²) in [5.41, 5.74) is 12.4. The van der Waals surface area contributed by atoms with Crippen LogP contribution in [-0.4, -0.2) is 24.2 Å². The van der Waals surface area contributed by atoms with Crippen LogP contribution in [0.1, 0.15) is 55.7 Å². The van der Waals surface area contributed by atoms with Crippen LogP contribution in [-0.2, 0) is 6.42 Å². The van der Waals surface area contributed by atoms with Crippen molar-refractivity contribution in [3.63, 3.8) is 0 Å². The van der Waals surface area contributed by atoms with Crippen molar-refractivity contribution in [3.8, 4) is 11.1 Å². The van der Waals surface area contributed by atoms with Gasteiger partial charge in [-0.3, -0.25) is 0 Å². The standard InChI is InChI=1S/C26H35N3.ClH/c1-20-7-5-8-21(17-20)22-11-12-26-25(18-22)23(13-16-28-15-6-14-27)19-29(26)24-9-3-2-4-10-24;/h5,7-8,11-12,17-19,24,28H,2-4,6,9-10,13-16,27H2,1H3;1H. The monoisotopic (exact) mass is 425 g/mol. The van der Waals surface area contributed by atoms with Crippen molar-refractivity contribution >= 4 is 23.3 Å². The second-order valence-electron chi connectivity index (χ2n) is 8.60. The molecule has 4 rings (SSSR count). The highest BCUT2D eigenvalue weighted by Gasteiger charge is 2.19. The molecule has 1 heterocycles. The van der Waals surface area contributed by atoms with Crippen LogP contribution in [0.25, 0.3) is 22.0 Å². The molecule has 0 unspecified atom stereocenters. The van der Waals surface area contributed by atoms with Gasteiger partial charge < -0.3 is 15.6 Å². The maximum Gasteiger partial charge on any atom is 0.0486 e. The number of rotatable bonds is 8. The van der Waals surface area contributed by atoms with Crippen molar-refractivity contribution in [1.82, 2.24) is 9.88 Å². The van der Waals surface area contributed by atoms with Crippen LogP contribution in [0.5, 0.6) is 0 Å². The van der Waals surface area contributed by atoms with Crippen LogP contribution in [0.15, 0.2) is 48.7 Å². The molecule has 0 bridgehead atoms. The normalized spacial score (nSPS) is 14.7. The average molecular weight is 426 g/mol. The molecular formula is C26H36ClN3. The molecule has 3 aromatic rings. The first-order valence-electron chi connectivity index (χ1n) is 11.4. The Morgan fingerprint density at radius 1 is 1.00 bits per heavy atom. The van der Waals surface area contributed by atoms with Gasteiger partial charge in [-0.15, -0.1) is 12.4 Å². The maximum absolute atomic E-state index is 5.62. The van der Waals surface area contributed by atoms with E-state index in [1.165, 1.54) is 65.3 Å². The number of nitrogens with one attached hydrogen (secondary N) is 1. The summed E-state index contributed by atoms with van der Waals surface area (Å²) < 4.78 is 2.59. The first-order valence-corrected chi connectivity index (χ1v) is 11.4. The van der Waals surface area contributed by atoms with E-state index in [0.717, 1.165) is 32.5 Å². The minimum atomic E-state index is 0. The smallest absolute Gasteiger partial charge is 0.0486 e. The summed E-state index contributed by atoms with van der Waals surface area (Å²) in [6.07, 6.45) is 11.3. The molecule has 1 aromatic heterocycles. The Hall–Kier alpha value is -1.81. The quantitative estimate of drug-likeness (QED) is 0.433. The maximum atomic E-state index is 5.62. The third-order valence-electron chi connectivity index (χ3n) is 6.36. The van der Waals surface area contributed by atoms with E-state index in [1.54, 1.807) is 0 Å². The number of halogens is 1. The summed E-state index contributed by atoms with van der Waals surface area (Å²) in [5.74, 6) is 0. The molecular weight excluding hydrogens is 390 g/mol. The first kappa shape index (κ1) is 22.9. The lowest BCUT2D eigenvalue weighted by Crippen LogP contribution is -2.20. The van der Waals surface area contributed by atoms with Gasteiger partial charge in [0.2, 0.25) is 0 Å². The number of aromatic nitrogens is 1. The SMILES string of the molecule is Cc1cccc(-c2ccc3c(c2)c(CCNCCCN)cn3C2CCCCC2)c1.Cl. The number of hydrogen-bond acceptors (Lipinski definition) is 2. The van der Waals surface area contributed by atoms with Crippen molar-refractivity contribution in [3.05, 3.63) is 59.8 Å². The molecule has 3 N–H and O–H groups in total. The van der Waals surface area contributed by atoms with E-state index >= 15 is 0 Å². The van der Waals surface area contributed by atoms with Gasteiger partial charge in [-0.1, -0.05) is 55.2 Å². The van der Waals surface area contributed by atoms with E-state index in [9.17, 15) is 0 Å². The molecule has 1 aliphatic rings. The molecule has 4 heteroatoms. The average Bonchev–Trinajstić information content (AvgIpc) is 3.12. The minimum absolute atomic E-state index is 0. The van der Waals surface area contributed by atoms with Crippen molar-refractivity contribution in [2.75, 3.05) is 19.6 Å². The molecule has 3 nitrogen and oxygen atoms in total. The molecule has 0 amide bonds. The van der Waals surface area contributed by atoms with Crippen molar-refractivity contribution in [2.45, 2.75) is 57.9 Å². The fourth-order valence-corrected chi connectivity index (χ4v) is 4.77. The number of aryl methyl sites for hydroxylation is 1. The number of hydrogen-bond donors (Lipinski definition) is 2. The third-order valence-corrected chi connectivity index (χ3v) is 6.36. The molecule has 0 spiro atoms. The van der Waals surface area contributed by atoms with Crippen LogP contribution in [0.3, 0.4) is 0 Å². The van der Waals surface area contributed by atoms with Crippen LogP contribution in [0.2, 0.25) is 0 Å². The van der Waals surface area contributed by atoms with Crippen LogP contribution >= 0.6 is 12.4 Å². The summed E-state index contributed by atoms with van der Waals surface area (Å²) in [5, 5.41) is 4.98. The van der Waals surface area contributed by atoms with Crippen LogP contribution in [0.4, 0.5) is 0 Å². The highest BCUT2D eigenvalue weighted by atomic mass is 35.5. The second-order valence-corrected chi connectivity index (χ2v) is 8.60. The Kier molecular flexibility index (Phi) is 8.38. The van der Waals surface area contributed by atoms with E-state index in [2.05, 4.69) is 65.5 Å². The fourth-order valence-electron chi connectivity index (χ4n) is 4.77. The summed E-state index contributed by atoms with van der Waals surface area (Å²) in [4.78, 5) is 0. The Balaban J connectivity index is 0.00000256. The Bertz CT molecular complexity index is 941. The van der Waals surface area contributed by atoms with Crippen LogP contribution < -0.4 is 11.1 Å². The predicted molar refractivity (Wildman–Crippen MR) is 132 cm³/mol. The van der Waals surface area contributed by atoms with Gasteiger partial charge in [0.15, 0.2) is 0 Å². The van der Waals surface area contributed by atoms with E-state index in [0.29, 0.717) is 6.04 Å². The van der Waals surface area contributed by atoms with Gasteiger partial charge >= 0.3 is 0 Å². The number of benzene rings is 2. The molecule has 30 heavy (non-hydrogen) atoms. The Morgan fingerprint density at radius 3 is 2.57 bits per heavy atom. The molecule has 2 aromatic carbocycles. The van der Waals surface area contributed by atoms with Gasteiger partial charge in [-0.2, -0.15) is 0 Å². The van der Waals surface area contributed by atoms with Gasteiger partial charge in [0.1, 0.15) is 0 Å². The topological polar surface area (TPSA) is 43.0 Å². The molecule has 1 saturated carbocycles. The highest BCUT2D eigenvalue weighted by Crippen LogP contribution is 2.35. The lowest BCUT2D eigenvalue weighted by Gasteiger charge is -2.24. The highest BCUT2D eigenvalue weighted by molar-refractivity contribution is 5.89. The summed E-state index contributed by atoms with van der Waals surface area (Å²) in [6.45, 7) is 4.94. The summed E-state index contributed by atoms with van der Waals surface area (Å²) in [7, 11) is 0. The van der Waals surface area contributed by atoms with Crippen molar-refractivity contribution in [2.24, 2.45) is 5.73 Å². The van der Waals surface area contributed by atoms with Gasteiger partial charge in [-0.05, 0) is 81.1 Å². The second kappa shape index (κ2) is 11.0.